The lowest BCUT2D eigenvalue weighted by Crippen LogP contribution is -2.43. The Bertz CT molecular complexity index is 1190. The van der Waals surface area contributed by atoms with Gasteiger partial charge in [0.25, 0.3) is 5.56 Å². The number of rotatable bonds is 10. The van der Waals surface area contributed by atoms with Crippen molar-refractivity contribution in [3.63, 3.8) is 0 Å². The summed E-state index contributed by atoms with van der Waals surface area (Å²) in [5.41, 5.74) is -1.40. The molecule has 192 valence electrons. The molecule has 0 unspecified atom stereocenters. The number of aromatic amines is 1. The number of para-hydroxylation sites is 1. The number of carbonyl (C=O) groups excluding carboxylic acids is 1. The van der Waals surface area contributed by atoms with E-state index in [9.17, 15) is 24.1 Å². The maximum atomic E-state index is 13.5. The van der Waals surface area contributed by atoms with Crippen LogP contribution in [-0.2, 0) is 23.4 Å². The van der Waals surface area contributed by atoms with Crippen LogP contribution in [0.5, 0.6) is 5.75 Å². The quantitative estimate of drug-likeness (QED) is 0.233. The summed E-state index contributed by atoms with van der Waals surface area (Å²) in [7, 11) is -4.20. The van der Waals surface area contributed by atoms with Crippen LogP contribution in [0, 0.1) is 0 Å². The number of carbonyl (C=O) groups is 1. The third kappa shape index (κ3) is 6.40. The number of halogens is 1. The van der Waals surface area contributed by atoms with Crippen LogP contribution in [0.3, 0.4) is 0 Å². The normalized spacial score (nSPS) is 26.6. The van der Waals surface area contributed by atoms with Gasteiger partial charge in [-0.25, -0.2) is 9.36 Å². The summed E-state index contributed by atoms with van der Waals surface area (Å²) in [6.45, 7) is 4.15. The Morgan fingerprint density at radius 2 is 2.03 bits per heavy atom. The van der Waals surface area contributed by atoms with E-state index in [0.29, 0.717) is 0 Å². The molecule has 0 radical (unpaired) electrons. The lowest BCUT2D eigenvalue weighted by molar-refractivity contribution is -0.144. The highest BCUT2D eigenvalue weighted by Gasteiger charge is 2.54. The lowest BCUT2D eigenvalue weighted by Gasteiger charge is -2.26. The number of hydrogen-bond acceptors (Lipinski definition) is 9. The van der Waals surface area contributed by atoms with Crippen LogP contribution in [-0.4, -0.2) is 57.0 Å². The molecular weight excluding hydrogens is 505 g/mol. The average molecular weight is 532 g/mol. The van der Waals surface area contributed by atoms with Crippen LogP contribution in [0.15, 0.2) is 52.2 Å². The second-order valence-electron chi connectivity index (χ2n) is 7.94. The van der Waals surface area contributed by atoms with Gasteiger partial charge in [0, 0.05) is 12.3 Å². The molecule has 1 fully saturated rings. The van der Waals surface area contributed by atoms with Crippen molar-refractivity contribution < 1.29 is 33.0 Å². The first-order chi connectivity index (χ1) is 16.5. The van der Waals surface area contributed by atoms with E-state index in [1.807, 2.05) is 0 Å². The SMILES string of the molecule is CCOC(=O)[C@H](C)N[P@](=O)(OC[C@H]1O[C@@H](n2ccc(=O)[nH]c2=O)[C@](C)(Cl)[C@@H]1O)Oc1ccccc1. The number of aromatic nitrogens is 2. The van der Waals surface area contributed by atoms with Gasteiger partial charge in [-0.3, -0.25) is 23.7 Å². The molecule has 1 saturated heterocycles. The minimum absolute atomic E-state index is 0.122. The smallest absolute Gasteiger partial charge is 0.459 e. The first kappa shape index (κ1) is 27.1. The third-order valence-electron chi connectivity index (χ3n) is 5.19. The van der Waals surface area contributed by atoms with E-state index in [1.165, 1.54) is 20.0 Å². The van der Waals surface area contributed by atoms with Gasteiger partial charge in [-0.2, -0.15) is 5.09 Å². The van der Waals surface area contributed by atoms with Gasteiger partial charge in [0.15, 0.2) is 6.23 Å². The zero-order chi connectivity index (χ0) is 25.8. The molecule has 2 aromatic rings. The molecule has 14 heteroatoms. The van der Waals surface area contributed by atoms with E-state index in [0.717, 1.165) is 10.6 Å². The summed E-state index contributed by atoms with van der Waals surface area (Å²) in [6, 6.07) is 8.19. The van der Waals surface area contributed by atoms with Crippen molar-refractivity contribution in [2.75, 3.05) is 13.2 Å². The second-order valence-corrected chi connectivity index (χ2v) is 10.4. The first-order valence-corrected chi connectivity index (χ1v) is 12.7. The van der Waals surface area contributed by atoms with E-state index >= 15 is 0 Å². The molecule has 0 amide bonds. The molecular formula is C21H27ClN3O9P. The van der Waals surface area contributed by atoms with E-state index in [4.69, 9.17) is 30.1 Å². The van der Waals surface area contributed by atoms with Crippen LogP contribution >= 0.6 is 19.3 Å². The molecule has 0 aliphatic carbocycles. The fourth-order valence-corrected chi connectivity index (χ4v) is 5.20. The highest BCUT2D eigenvalue weighted by molar-refractivity contribution is 7.52. The molecule has 0 bridgehead atoms. The summed E-state index contributed by atoms with van der Waals surface area (Å²) in [6.07, 6.45) is -2.51. The van der Waals surface area contributed by atoms with E-state index in [-0.39, 0.29) is 12.4 Å². The topological polar surface area (TPSA) is 158 Å². The lowest BCUT2D eigenvalue weighted by atomic mass is 10.0. The number of nitrogens with one attached hydrogen (secondary N) is 2. The molecule has 3 N–H and O–H groups in total. The molecule has 0 spiro atoms. The van der Waals surface area contributed by atoms with Crippen molar-refractivity contribution >= 4 is 25.3 Å². The maximum Gasteiger partial charge on any atom is 0.459 e. The van der Waals surface area contributed by atoms with Crippen LogP contribution in [0.2, 0.25) is 0 Å². The van der Waals surface area contributed by atoms with Crippen molar-refractivity contribution in [1.29, 1.82) is 0 Å². The number of aliphatic hydroxyl groups is 1. The Morgan fingerprint density at radius 1 is 1.34 bits per heavy atom. The first-order valence-electron chi connectivity index (χ1n) is 10.7. The standard InChI is InChI=1S/C21H27ClN3O9P/c1-4-31-18(28)13(2)24-35(30,34-14-8-6-5-7-9-14)32-12-15-17(27)21(3,22)19(33-15)25-11-10-16(26)23-20(25)29/h5-11,13,15,17,19,27H,4,12H2,1-3H3,(H,24,30)(H,23,26,29)/t13-,15+,17+,19+,21+,35-/m0/s1. The number of ether oxygens (including phenoxy) is 2. The fourth-order valence-electron chi connectivity index (χ4n) is 3.40. The highest BCUT2D eigenvalue weighted by Crippen LogP contribution is 2.48. The van der Waals surface area contributed by atoms with Crippen LogP contribution in [0.1, 0.15) is 27.0 Å². The minimum Gasteiger partial charge on any atom is -0.465 e. The number of benzene rings is 1. The van der Waals surface area contributed by atoms with E-state index in [2.05, 4.69) is 10.1 Å². The number of aliphatic hydroxyl groups excluding tert-OH is 1. The summed E-state index contributed by atoms with van der Waals surface area (Å²) in [4.78, 5) is 36.3. The molecule has 6 atom stereocenters. The monoisotopic (exact) mass is 531 g/mol. The van der Waals surface area contributed by atoms with Crippen molar-refractivity contribution in [3.8, 4) is 5.75 Å². The molecule has 3 rings (SSSR count). The summed E-state index contributed by atoms with van der Waals surface area (Å²) in [5, 5.41) is 13.3. The number of esters is 1. The van der Waals surface area contributed by atoms with Crippen molar-refractivity contribution in [1.82, 2.24) is 14.6 Å². The summed E-state index contributed by atoms with van der Waals surface area (Å²) in [5.74, 6) is -0.469. The molecule has 12 nitrogen and oxygen atoms in total. The predicted molar refractivity (Wildman–Crippen MR) is 125 cm³/mol. The molecule has 1 aliphatic heterocycles. The van der Waals surface area contributed by atoms with Gasteiger partial charge in [-0.1, -0.05) is 18.2 Å². The zero-order valence-electron chi connectivity index (χ0n) is 19.3. The van der Waals surface area contributed by atoms with Gasteiger partial charge in [-0.05, 0) is 32.9 Å². The van der Waals surface area contributed by atoms with Crippen molar-refractivity contribution in [2.45, 2.75) is 50.1 Å². The van der Waals surface area contributed by atoms with Crippen LogP contribution in [0.4, 0.5) is 0 Å². The van der Waals surface area contributed by atoms with Crippen LogP contribution in [0.25, 0.3) is 0 Å². The predicted octanol–water partition coefficient (Wildman–Crippen LogP) is 1.54. The van der Waals surface area contributed by atoms with Crippen molar-refractivity contribution in [3.05, 3.63) is 63.4 Å². The Kier molecular flexibility index (Phi) is 8.58. The number of hydrogen-bond donors (Lipinski definition) is 3. The molecule has 1 aromatic carbocycles. The second kappa shape index (κ2) is 11.1. The average Bonchev–Trinajstić information content (AvgIpc) is 3.02. The third-order valence-corrected chi connectivity index (χ3v) is 7.24. The maximum absolute atomic E-state index is 13.5. The largest absolute Gasteiger partial charge is 0.465 e. The number of nitrogens with zero attached hydrogens (tertiary/aromatic N) is 1. The van der Waals surface area contributed by atoms with Gasteiger partial charge in [0.1, 0.15) is 28.9 Å². The van der Waals surface area contributed by atoms with E-state index < -0.39 is 60.9 Å². The fraction of sp³-hybridized carbons (Fsp3) is 0.476. The summed E-state index contributed by atoms with van der Waals surface area (Å²) >= 11 is 6.51. The summed E-state index contributed by atoms with van der Waals surface area (Å²) < 4.78 is 36.3. The van der Waals surface area contributed by atoms with Crippen molar-refractivity contribution in [2.24, 2.45) is 0 Å². The van der Waals surface area contributed by atoms with Gasteiger partial charge in [0.05, 0.1) is 13.2 Å². The Labute approximate surface area is 205 Å². The minimum atomic E-state index is -4.20. The Morgan fingerprint density at radius 3 is 2.66 bits per heavy atom. The van der Waals surface area contributed by atoms with Crippen LogP contribution < -0.4 is 20.9 Å². The van der Waals surface area contributed by atoms with Gasteiger partial charge in [0.2, 0.25) is 0 Å². The zero-order valence-corrected chi connectivity index (χ0v) is 20.9. The van der Waals surface area contributed by atoms with Gasteiger partial charge >= 0.3 is 19.4 Å². The van der Waals surface area contributed by atoms with E-state index in [1.54, 1.807) is 37.3 Å². The number of alkyl halides is 1. The Balaban J connectivity index is 1.80. The molecule has 35 heavy (non-hydrogen) atoms. The van der Waals surface area contributed by atoms with Gasteiger partial charge < -0.3 is 19.1 Å². The molecule has 0 saturated carbocycles. The molecule has 1 aliphatic rings. The highest BCUT2D eigenvalue weighted by atomic mass is 35.5. The molecule has 2 heterocycles. The molecule has 1 aromatic heterocycles. The van der Waals surface area contributed by atoms with Gasteiger partial charge in [-0.15, -0.1) is 11.6 Å². The Hall–Kier alpha value is -2.47. The number of H-pyrrole nitrogens is 1.